The van der Waals surface area contributed by atoms with Crippen molar-refractivity contribution in [1.29, 1.82) is 0 Å². The van der Waals surface area contributed by atoms with E-state index in [1.165, 1.54) is 0 Å². The molecule has 4 rings (SSSR count). The molecule has 0 fully saturated rings. The fraction of sp³-hybridized carbons (Fsp3) is 0.323. The van der Waals surface area contributed by atoms with Gasteiger partial charge in [-0.3, -0.25) is 19.4 Å². The summed E-state index contributed by atoms with van der Waals surface area (Å²) >= 11 is 4.22. The number of carboxylic acids is 1. The predicted molar refractivity (Wildman–Crippen MR) is 179 cm³/mol. The van der Waals surface area contributed by atoms with Crippen LogP contribution in [-0.2, 0) is 32.0 Å². The molecule has 0 spiro atoms. The van der Waals surface area contributed by atoms with Crippen LogP contribution in [0.1, 0.15) is 24.0 Å². The van der Waals surface area contributed by atoms with E-state index in [-0.39, 0.29) is 37.5 Å². The van der Waals surface area contributed by atoms with Crippen LogP contribution >= 0.6 is 12.6 Å². The fourth-order valence-corrected chi connectivity index (χ4v) is 5.40. The second-order valence-corrected chi connectivity index (χ2v) is 11.3. The molecule has 244 valence electrons. The molecule has 14 nitrogen and oxygen atoms in total. The molecule has 15 heteroatoms. The molecule has 0 saturated heterocycles. The highest BCUT2D eigenvalue weighted by Gasteiger charge is 2.30. The highest BCUT2D eigenvalue weighted by molar-refractivity contribution is 7.80. The van der Waals surface area contributed by atoms with Crippen LogP contribution < -0.4 is 33.2 Å². The summed E-state index contributed by atoms with van der Waals surface area (Å²) in [5, 5.41) is 19.3. The summed E-state index contributed by atoms with van der Waals surface area (Å²) in [6.07, 6.45) is 4.22. The van der Waals surface area contributed by atoms with Crippen LogP contribution in [0, 0.1) is 0 Å². The number of nitrogens with two attached hydrogens (primary N) is 3. The Labute approximate surface area is 270 Å². The van der Waals surface area contributed by atoms with Crippen LogP contribution in [-0.4, -0.2) is 81.2 Å². The lowest BCUT2D eigenvalue weighted by Gasteiger charge is -2.24. The number of aliphatic imine (C=N–C) groups is 1. The molecule has 2 aromatic heterocycles. The van der Waals surface area contributed by atoms with Crippen molar-refractivity contribution in [2.45, 2.75) is 49.9 Å². The van der Waals surface area contributed by atoms with Gasteiger partial charge in [0.2, 0.25) is 17.7 Å². The third-order valence-corrected chi connectivity index (χ3v) is 7.92. The molecular weight excluding hydrogens is 610 g/mol. The van der Waals surface area contributed by atoms with E-state index in [1.807, 2.05) is 48.5 Å². The van der Waals surface area contributed by atoms with Crippen LogP contribution in [0.2, 0.25) is 0 Å². The predicted octanol–water partition coefficient (Wildman–Crippen LogP) is 0.284. The zero-order chi connectivity index (χ0) is 33.2. The number of carbonyl (C=O) groups is 4. The second kappa shape index (κ2) is 15.8. The lowest BCUT2D eigenvalue weighted by Crippen LogP contribution is -2.58. The Bertz CT molecular complexity index is 1710. The number of aromatic amines is 2. The number of nitrogens with one attached hydrogen (secondary N) is 5. The maximum atomic E-state index is 13.7. The average Bonchev–Trinajstić information content (AvgIpc) is 3.64. The topological polar surface area (TPSA) is 247 Å². The first-order valence-corrected chi connectivity index (χ1v) is 15.4. The maximum absolute atomic E-state index is 13.7. The van der Waals surface area contributed by atoms with E-state index < -0.39 is 47.9 Å². The smallest absolute Gasteiger partial charge is 0.326 e. The summed E-state index contributed by atoms with van der Waals surface area (Å²) in [4.78, 5) is 62.0. The van der Waals surface area contributed by atoms with Gasteiger partial charge in [-0.2, -0.15) is 12.6 Å². The van der Waals surface area contributed by atoms with Crippen LogP contribution in [0.15, 0.2) is 65.9 Å². The number of rotatable bonds is 16. The minimum absolute atomic E-state index is 0.0542. The lowest BCUT2D eigenvalue weighted by molar-refractivity contribution is -0.142. The third-order valence-electron chi connectivity index (χ3n) is 7.56. The van der Waals surface area contributed by atoms with E-state index in [2.05, 4.69) is 43.5 Å². The summed E-state index contributed by atoms with van der Waals surface area (Å²) in [7, 11) is 0. The zero-order valence-electron chi connectivity index (χ0n) is 25.0. The van der Waals surface area contributed by atoms with Gasteiger partial charge in [-0.1, -0.05) is 36.4 Å². The summed E-state index contributed by atoms with van der Waals surface area (Å²) in [5.74, 6) is -3.47. The van der Waals surface area contributed by atoms with E-state index in [1.54, 1.807) is 12.4 Å². The van der Waals surface area contributed by atoms with Crippen molar-refractivity contribution in [3.05, 3.63) is 72.1 Å². The number of benzene rings is 2. The number of amides is 3. The van der Waals surface area contributed by atoms with Crippen LogP contribution in [0.5, 0.6) is 0 Å². The summed E-state index contributed by atoms with van der Waals surface area (Å²) in [6, 6.07) is 10.6. The highest BCUT2D eigenvalue weighted by Crippen LogP contribution is 2.21. The van der Waals surface area contributed by atoms with Gasteiger partial charge in [-0.05, 0) is 42.5 Å². The number of hydrogen-bond donors (Lipinski definition) is 10. The van der Waals surface area contributed by atoms with Gasteiger partial charge in [0.05, 0.1) is 6.04 Å². The van der Waals surface area contributed by atoms with Crippen LogP contribution in [0.25, 0.3) is 21.8 Å². The summed E-state index contributed by atoms with van der Waals surface area (Å²) < 4.78 is 0. The van der Waals surface area contributed by atoms with E-state index in [9.17, 15) is 24.3 Å². The van der Waals surface area contributed by atoms with E-state index in [4.69, 9.17) is 17.2 Å². The Morgan fingerprint density at radius 3 is 1.87 bits per heavy atom. The molecule has 46 heavy (non-hydrogen) atoms. The van der Waals surface area contributed by atoms with Crippen molar-refractivity contribution in [2.75, 3.05) is 12.3 Å². The molecule has 12 N–H and O–H groups in total. The van der Waals surface area contributed by atoms with Gasteiger partial charge in [-0.25, -0.2) is 4.79 Å². The Balaban J connectivity index is 1.48. The monoisotopic (exact) mass is 649 g/mol. The largest absolute Gasteiger partial charge is 0.480 e. The Kier molecular flexibility index (Phi) is 11.6. The molecule has 0 saturated carbocycles. The number of fused-ring (bicyclic) bond motifs is 2. The van der Waals surface area contributed by atoms with Crippen molar-refractivity contribution >= 4 is 64.1 Å². The number of thiol groups is 1. The van der Waals surface area contributed by atoms with Gasteiger partial charge in [0.1, 0.15) is 18.1 Å². The molecule has 0 unspecified atom stereocenters. The standard InChI is InChI=1S/C31H39N9O5S/c32-21(12-17-14-36-22-8-3-1-6-19(17)22)27(41)39-25(13-18-15-37-23-9-4-2-7-20(18)23)28(42)40-26(16-46)29(43)38-24(30(44)45)10-5-11-35-31(33)34/h1-4,6-9,14-15,21,24-26,36-37,46H,5,10-13,16,32H2,(H,38,43)(H,39,41)(H,40,42)(H,44,45)(H4,33,34,35)/t21-,24-,25-,26-/m0/s1. The molecule has 0 aliphatic rings. The van der Waals surface area contributed by atoms with Crippen LogP contribution in [0.4, 0.5) is 0 Å². The van der Waals surface area contributed by atoms with Gasteiger partial charge in [0, 0.05) is 52.9 Å². The molecule has 0 radical (unpaired) electrons. The second-order valence-electron chi connectivity index (χ2n) is 10.9. The molecular formula is C31H39N9O5S. The van der Waals surface area contributed by atoms with Gasteiger partial charge in [0.15, 0.2) is 5.96 Å². The first kappa shape index (κ1) is 33.9. The number of H-pyrrole nitrogens is 2. The van der Waals surface area contributed by atoms with Gasteiger partial charge >= 0.3 is 5.97 Å². The first-order chi connectivity index (χ1) is 22.1. The molecule has 0 aliphatic heterocycles. The van der Waals surface area contributed by atoms with Crippen molar-refractivity contribution in [2.24, 2.45) is 22.2 Å². The quantitative estimate of drug-likeness (QED) is 0.0349. The number of hydrogen-bond acceptors (Lipinski definition) is 7. The van der Waals surface area contributed by atoms with E-state index in [0.717, 1.165) is 32.9 Å². The lowest BCUT2D eigenvalue weighted by atomic mass is 10.0. The zero-order valence-corrected chi connectivity index (χ0v) is 25.9. The van der Waals surface area contributed by atoms with Crippen molar-refractivity contribution in [1.82, 2.24) is 25.9 Å². The SMILES string of the molecule is NC(N)=NCCC[C@H](NC(=O)[C@H](CS)NC(=O)[C@H](Cc1c[nH]c2ccccc12)NC(=O)[C@@H](N)Cc1c[nH]c2ccccc12)C(=O)O. The van der Waals surface area contributed by atoms with Crippen molar-refractivity contribution in [3.8, 4) is 0 Å². The number of carboxylic acid groups (broad SMARTS) is 1. The third kappa shape index (κ3) is 8.79. The number of carbonyl (C=O) groups excluding carboxylic acids is 3. The van der Waals surface area contributed by atoms with Crippen molar-refractivity contribution < 1.29 is 24.3 Å². The van der Waals surface area contributed by atoms with Crippen LogP contribution in [0.3, 0.4) is 0 Å². The molecule has 2 heterocycles. The number of para-hydroxylation sites is 2. The molecule has 2 aromatic carbocycles. The normalized spacial score (nSPS) is 13.8. The molecule has 4 aromatic rings. The van der Waals surface area contributed by atoms with E-state index >= 15 is 0 Å². The molecule has 0 aliphatic carbocycles. The number of nitrogens with zero attached hydrogens (tertiary/aromatic N) is 1. The first-order valence-electron chi connectivity index (χ1n) is 14.7. The molecule has 0 bridgehead atoms. The molecule has 3 amide bonds. The number of guanidine groups is 1. The Morgan fingerprint density at radius 1 is 0.783 bits per heavy atom. The van der Waals surface area contributed by atoms with E-state index in [0.29, 0.717) is 6.42 Å². The molecule has 4 atom stereocenters. The Morgan fingerprint density at radius 2 is 1.30 bits per heavy atom. The van der Waals surface area contributed by atoms with Crippen molar-refractivity contribution in [3.63, 3.8) is 0 Å². The highest BCUT2D eigenvalue weighted by atomic mass is 32.1. The minimum Gasteiger partial charge on any atom is -0.480 e. The van der Waals surface area contributed by atoms with Gasteiger partial charge in [0.25, 0.3) is 0 Å². The Hall–Kier alpha value is -5.02. The number of aromatic nitrogens is 2. The summed E-state index contributed by atoms with van der Waals surface area (Å²) in [5.41, 5.74) is 20.3. The summed E-state index contributed by atoms with van der Waals surface area (Å²) in [6.45, 7) is 0.187. The minimum atomic E-state index is -1.25. The fourth-order valence-electron chi connectivity index (χ4n) is 5.14. The van der Waals surface area contributed by atoms with Gasteiger partial charge in [-0.15, -0.1) is 0 Å². The maximum Gasteiger partial charge on any atom is 0.326 e. The number of aliphatic carboxylic acids is 1. The van der Waals surface area contributed by atoms with Gasteiger partial charge < -0.3 is 48.2 Å². The average molecular weight is 650 g/mol.